The van der Waals surface area contributed by atoms with Gasteiger partial charge in [-0.2, -0.15) is 0 Å². The largest absolute Gasteiger partial charge is 0.489 e. The van der Waals surface area contributed by atoms with Crippen LogP contribution in [0.15, 0.2) is 54.6 Å². The maximum absolute atomic E-state index is 11.7. The molecule has 29 heavy (non-hydrogen) atoms. The lowest BCUT2D eigenvalue weighted by Gasteiger charge is -2.15. The first-order chi connectivity index (χ1) is 13.7. The number of amides is 1. The first kappa shape index (κ1) is 22.2. The first-order valence-corrected chi connectivity index (χ1v) is 10.9. The van der Waals surface area contributed by atoms with Gasteiger partial charge in [-0.1, -0.05) is 42.5 Å². The van der Waals surface area contributed by atoms with Crippen molar-refractivity contribution in [2.24, 2.45) is 0 Å². The summed E-state index contributed by atoms with van der Waals surface area (Å²) < 4.78 is 32.4. The zero-order valence-corrected chi connectivity index (χ0v) is 16.7. The van der Waals surface area contributed by atoms with Gasteiger partial charge in [0.25, 0.3) is 0 Å². The number of carbonyl (C=O) groups is 2. The SMILES string of the molecule is CS(=O)(=O)CCOC(=O)N[C@@H](Cc1ccc(OCc2ccccc2)cc1)C(=O)O. The van der Waals surface area contributed by atoms with Crippen molar-refractivity contribution in [3.63, 3.8) is 0 Å². The van der Waals surface area contributed by atoms with Crippen LogP contribution in [0.3, 0.4) is 0 Å². The zero-order chi connectivity index (χ0) is 21.3. The lowest BCUT2D eigenvalue weighted by molar-refractivity contribution is -0.139. The molecular weight excluding hydrogens is 398 g/mol. The van der Waals surface area contributed by atoms with E-state index >= 15 is 0 Å². The lowest BCUT2D eigenvalue weighted by atomic mass is 10.1. The van der Waals surface area contributed by atoms with E-state index in [0.29, 0.717) is 17.9 Å². The lowest BCUT2D eigenvalue weighted by Crippen LogP contribution is -2.42. The van der Waals surface area contributed by atoms with E-state index in [-0.39, 0.29) is 18.8 Å². The molecule has 0 heterocycles. The van der Waals surface area contributed by atoms with Gasteiger partial charge in [0, 0.05) is 12.7 Å². The van der Waals surface area contributed by atoms with E-state index in [1.807, 2.05) is 30.3 Å². The van der Waals surface area contributed by atoms with Gasteiger partial charge >= 0.3 is 12.1 Å². The first-order valence-electron chi connectivity index (χ1n) is 8.82. The van der Waals surface area contributed by atoms with Crippen molar-refractivity contribution in [2.75, 3.05) is 18.6 Å². The van der Waals surface area contributed by atoms with E-state index < -0.39 is 27.9 Å². The molecule has 2 rings (SSSR count). The Morgan fingerprint density at radius 1 is 1.03 bits per heavy atom. The number of sulfone groups is 1. The predicted molar refractivity (Wildman–Crippen MR) is 107 cm³/mol. The summed E-state index contributed by atoms with van der Waals surface area (Å²) in [7, 11) is -3.27. The fourth-order valence-corrected chi connectivity index (χ4v) is 2.75. The Morgan fingerprint density at radius 2 is 1.69 bits per heavy atom. The fraction of sp³-hybridized carbons (Fsp3) is 0.300. The van der Waals surface area contributed by atoms with Crippen molar-refractivity contribution in [2.45, 2.75) is 19.1 Å². The minimum absolute atomic E-state index is 0.0372. The van der Waals surface area contributed by atoms with Gasteiger partial charge in [0.05, 0.1) is 5.75 Å². The van der Waals surface area contributed by atoms with E-state index in [1.165, 1.54) is 0 Å². The highest BCUT2D eigenvalue weighted by Crippen LogP contribution is 2.15. The van der Waals surface area contributed by atoms with E-state index in [0.717, 1.165) is 11.8 Å². The number of carboxylic acids is 1. The molecule has 0 saturated heterocycles. The van der Waals surface area contributed by atoms with Crippen LogP contribution in [-0.2, 0) is 32.4 Å². The number of nitrogens with one attached hydrogen (secondary N) is 1. The monoisotopic (exact) mass is 421 g/mol. The van der Waals surface area contributed by atoms with E-state index in [1.54, 1.807) is 24.3 Å². The summed E-state index contributed by atoms with van der Waals surface area (Å²) in [5, 5.41) is 11.5. The number of hydrogen-bond donors (Lipinski definition) is 2. The van der Waals surface area contributed by atoms with Crippen molar-refractivity contribution >= 4 is 21.9 Å². The van der Waals surface area contributed by atoms with Crippen LogP contribution in [0.4, 0.5) is 4.79 Å². The van der Waals surface area contributed by atoms with Crippen LogP contribution in [0.2, 0.25) is 0 Å². The fourth-order valence-electron chi connectivity index (χ4n) is 2.37. The summed E-state index contributed by atoms with van der Waals surface area (Å²) >= 11 is 0. The van der Waals surface area contributed by atoms with Crippen LogP contribution < -0.4 is 10.1 Å². The van der Waals surface area contributed by atoms with E-state index in [2.05, 4.69) is 5.32 Å². The van der Waals surface area contributed by atoms with Gasteiger partial charge in [0.1, 0.15) is 25.0 Å². The number of carbonyl (C=O) groups excluding carboxylic acids is 1. The summed E-state index contributed by atoms with van der Waals surface area (Å²) in [5.74, 6) is -0.921. The van der Waals surface area contributed by atoms with Crippen LogP contribution in [-0.4, -0.2) is 50.2 Å². The van der Waals surface area contributed by atoms with Gasteiger partial charge < -0.3 is 19.9 Å². The summed E-state index contributed by atoms with van der Waals surface area (Å²) in [6.45, 7) is 0.0727. The second-order valence-electron chi connectivity index (χ2n) is 6.42. The molecule has 0 spiro atoms. The van der Waals surface area contributed by atoms with Gasteiger partial charge in [-0.15, -0.1) is 0 Å². The van der Waals surface area contributed by atoms with Gasteiger partial charge in [0.2, 0.25) is 0 Å². The third-order valence-electron chi connectivity index (χ3n) is 3.89. The normalized spacial score (nSPS) is 12.0. The molecule has 0 saturated carbocycles. The van der Waals surface area contributed by atoms with Crippen molar-refractivity contribution in [1.82, 2.24) is 5.32 Å². The molecule has 8 nitrogen and oxygen atoms in total. The average Bonchev–Trinajstić information content (AvgIpc) is 2.66. The molecule has 0 aromatic heterocycles. The molecule has 156 valence electrons. The number of ether oxygens (including phenoxy) is 2. The Balaban J connectivity index is 1.86. The van der Waals surface area contributed by atoms with Gasteiger partial charge in [-0.25, -0.2) is 18.0 Å². The highest BCUT2D eigenvalue weighted by Gasteiger charge is 2.21. The van der Waals surface area contributed by atoms with Crippen LogP contribution in [0.25, 0.3) is 0 Å². The van der Waals surface area contributed by atoms with E-state index in [9.17, 15) is 23.1 Å². The highest BCUT2D eigenvalue weighted by atomic mass is 32.2. The summed E-state index contributed by atoms with van der Waals surface area (Å²) in [4.78, 5) is 23.1. The van der Waals surface area contributed by atoms with Crippen LogP contribution >= 0.6 is 0 Å². The summed E-state index contributed by atoms with van der Waals surface area (Å²) in [5.41, 5.74) is 1.71. The van der Waals surface area contributed by atoms with Crippen molar-refractivity contribution < 1.29 is 32.6 Å². The van der Waals surface area contributed by atoms with Crippen molar-refractivity contribution in [3.8, 4) is 5.75 Å². The quantitative estimate of drug-likeness (QED) is 0.602. The van der Waals surface area contributed by atoms with Crippen LogP contribution in [0, 0.1) is 0 Å². The third-order valence-corrected chi connectivity index (χ3v) is 4.80. The molecule has 2 aromatic rings. The minimum Gasteiger partial charge on any atom is -0.489 e. The maximum atomic E-state index is 11.7. The number of rotatable bonds is 10. The van der Waals surface area contributed by atoms with Crippen LogP contribution in [0.1, 0.15) is 11.1 Å². The van der Waals surface area contributed by atoms with Gasteiger partial charge in [-0.05, 0) is 23.3 Å². The average molecular weight is 421 g/mol. The molecule has 1 amide bonds. The molecule has 1 atom stereocenters. The Labute approximate surface area is 169 Å². The van der Waals surface area contributed by atoms with Crippen molar-refractivity contribution in [1.29, 1.82) is 0 Å². The highest BCUT2D eigenvalue weighted by molar-refractivity contribution is 7.90. The predicted octanol–water partition coefficient (Wildman–Crippen LogP) is 2.03. The van der Waals surface area contributed by atoms with E-state index in [4.69, 9.17) is 9.47 Å². The Kier molecular flexibility index (Phi) is 8.02. The molecule has 0 bridgehead atoms. The number of aliphatic carboxylic acids is 1. The molecule has 0 aliphatic heterocycles. The molecule has 0 aliphatic carbocycles. The smallest absolute Gasteiger partial charge is 0.407 e. The topological polar surface area (TPSA) is 119 Å². The molecule has 0 aliphatic rings. The third kappa shape index (κ3) is 8.65. The maximum Gasteiger partial charge on any atom is 0.407 e. The number of alkyl carbamates (subject to hydrolysis) is 1. The number of hydrogen-bond acceptors (Lipinski definition) is 6. The zero-order valence-electron chi connectivity index (χ0n) is 15.9. The van der Waals surface area contributed by atoms with Crippen LogP contribution in [0.5, 0.6) is 5.75 Å². The molecular formula is C20H23NO7S. The Morgan fingerprint density at radius 3 is 2.28 bits per heavy atom. The summed E-state index contributed by atoms with van der Waals surface area (Å²) in [6.07, 6.45) is 0.0701. The second kappa shape index (κ2) is 10.5. The molecule has 2 N–H and O–H groups in total. The van der Waals surface area contributed by atoms with Gasteiger partial charge in [0.15, 0.2) is 9.84 Å². The number of carboxylic acid groups (broad SMARTS) is 1. The molecule has 0 fully saturated rings. The standard InChI is InChI=1S/C20H23NO7S/c1-29(25,26)12-11-27-20(24)21-18(19(22)23)13-15-7-9-17(10-8-15)28-14-16-5-3-2-4-6-16/h2-10,18H,11-14H2,1H3,(H,21,24)(H,22,23)/t18-/m0/s1. The second-order valence-corrected chi connectivity index (χ2v) is 8.68. The molecule has 0 radical (unpaired) electrons. The Hall–Kier alpha value is -3.07. The van der Waals surface area contributed by atoms with Gasteiger partial charge in [-0.3, -0.25) is 0 Å². The Bertz CT molecular complexity index is 912. The molecule has 0 unspecified atom stereocenters. The summed E-state index contributed by atoms with van der Waals surface area (Å²) in [6, 6.07) is 15.3. The number of benzene rings is 2. The molecule has 9 heteroatoms. The minimum atomic E-state index is -3.27. The van der Waals surface area contributed by atoms with Crippen molar-refractivity contribution in [3.05, 3.63) is 65.7 Å². The molecule has 2 aromatic carbocycles.